The van der Waals surface area contributed by atoms with E-state index >= 15 is 0 Å². The predicted octanol–water partition coefficient (Wildman–Crippen LogP) is 4.26. The van der Waals surface area contributed by atoms with Gasteiger partial charge in [-0.25, -0.2) is 4.98 Å². The number of carbonyl (C=O) groups is 1. The first-order valence-corrected chi connectivity index (χ1v) is 8.44. The van der Waals surface area contributed by atoms with Crippen LogP contribution in [-0.4, -0.2) is 29.4 Å². The van der Waals surface area contributed by atoms with Crippen molar-refractivity contribution in [2.45, 2.75) is 13.5 Å². The van der Waals surface area contributed by atoms with Crippen LogP contribution in [-0.2, 0) is 6.54 Å². The molecule has 0 radical (unpaired) electrons. The van der Waals surface area contributed by atoms with Crippen LogP contribution < -0.4 is 5.32 Å². The number of rotatable bonds is 5. The molecule has 0 saturated carbocycles. The highest BCUT2D eigenvalue weighted by Crippen LogP contribution is 2.22. The molecular formula is C14H15BrClN3OS. The van der Waals surface area contributed by atoms with Crippen LogP contribution in [0.5, 0.6) is 0 Å². The lowest BCUT2D eigenvalue weighted by atomic mass is 10.2. The Balaban J connectivity index is 2.14. The third-order valence-corrected chi connectivity index (χ3v) is 4.53. The summed E-state index contributed by atoms with van der Waals surface area (Å²) in [7, 11) is 1.77. The van der Waals surface area contributed by atoms with Crippen LogP contribution in [0.3, 0.4) is 0 Å². The van der Waals surface area contributed by atoms with Gasteiger partial charge < -0.3 is 10.2 Å². The molecule has 0 spiro atoms. The molecule has 0 aromatic carbocycles. The topological polar surface area (TPSA) is 45.2 Å². The lowest BCUT2D eigenvalue weighted by molar-refractivity contribution is 0.0785. The number of nitrogens with zero attached hydrogens (tertiary/aromatic N) is 2. The Morgan fingerprint density at radius 1 is 1.48 bits per heavy atom. The smallest absolute Gasteiger partial charge is 0.254 e. The van der Waals surface area contributed by atoms with Crippen molar-refractivity contribution < 1.29 is 4.79 Å². The van der Waals surface area contributed by atoms with Gasteiger partial charge in [-0.05, 0) is 52.0 Å². The van der Waals surface area contributed by atoms with Crippen molar-refractivity contribution in [3.8, 4) is 0 Å². The lowest BCUT2D eigenvalue weighted by Gasteiger charge is -2.17. The molecule has 0 aliphatic carbocycles. The number of hydrogen-bond donors (Lipinski definition) is 1. The first kappa shape index (κ1) is 16.3. The molecule has 7 heteroatoms. The number of amides is 1. The molecular weight excluding hydrogens is 374 g/mol. The zero-order valence-electron chi connectivity index (χ0n) is 11.7. The normalized spacial score (nSPS) is 10.5. The van der Waals surface area contributed by atoms with E-state index in [1.165, 1.54) is 0 Å². The van der Waals surface area contributed by atoms with Crippen LogP contribution >= 0.6 is 38.9 Å². The van der Waals surface area contributed by atoms with Gasteiger partial charge in [0.25, 0.3) is 5.91 Å². The van der Waals surface area contributed by atoms with Crippen molar-refractivity contribution in [2.75, 3.05) is 18.9 Å². The Kier molecular flexibility index (Phi) is 5.61. The summed E-state index contributed by atoms with van der Waals surface area (Å²) in [6.45, 7) is 3.24. The van der Waals surface area contributed by atoms with Gasteiger partial charge in [0.1, 0.15) is 11.0 Å². The summed E-state index contributed by atoms with van der Waals surface area (Å²) in [5.74, 6) is 0.529. The second-order valence-corrected chi connectivity index (χ2v) is 7.19. The van der Waals surface area contributed by atoms with Crippen molar-refractivity contribution in [3.05, 3.63) is 43.6 Å². The van der Waals surface area contributed by atoms with Crippen molar-refractivity contribution >= 4 is 50.6 Å². The van der Waals surface area contributed by atoms with Gasteiger partial charge in [0, 0.05) is 25.7 Å². The molecule has 2 aromatic rings. The van der Waals surface area contributed by atoms with Crippen LogP contribution in [0.1, 0.15) is 22.8 Å². The molecule has 4 nitrogen and oxygen atoms in total. The quantitative estimate of drug-likeness (QED) is 0.778. The van der Waals surface area contributed by atoms with Gasteiger partial charge in [-0.1, -0.05) is 11.6 Å². The molecule has 0 aliphatic heterocycles. The van der Waals surface area contributed by atoms with Crippen molar-refractivity contribution in [2.24, 2.45) is 0 Å². The predicted molar refractivity (Wildman–Crippen MR) is 91.2 cm³/mol. The fourth-order valence-corrected chi connectivity index (χ4v) is 3.30. The first-order chi connectivity index (χ1) is 9.99. The van der Waals surface area contributed by atoms with Gasteiger partial charge in [0.05, 0.1) is 3.79 Å². The van der Waals surface area contributed by atoms with E-state index in [-0.39, 0.29) is 5.91 Å². The molecule has 112 valence electrons. The Bertz CT molecular complexity index is 647. The van der Waals surface area contributed by atoms with Crippen LogP contribution in [0, 0.1) is 0 Å². The van der Waals surface area contributed by atoms with Crippen molar-refractivity contribution in [3.63, 3.8) is 0 Å². The highest BCUT2D eigenvalue weighted by atomic mass is 79.9. The molecule has 0 aliphatic rings. The standard InChI is InChI=1S/C14H15BrClN3OS/c1-3-17-13-6-10(5-12(16)18-13)14(20)19(2)7-9-4-11(15)21-8-9/h4-6,8H,3,7H2,1-2H3,(H,17,18). The molecule has 21 heavy (non-hydrogen) atoms. The second-order valence-electron chi connectivity index (χ2n) is 4.51. The summed E-state index contributed by atoms with van der Waals surface area (Å²) >= 11 is 11.0. The van der Waals surface area contributed by atoms with E-state index < -0.39 is 0 Å². The Hall–Kier alpha value is -1.11. The molecule has 2 rings (SSSR count). The zero-order chi connectivity index (χ0) is 15.4. The summed E-state index contributed by atoms with van der Waals surface area (Å²) < 4.78 is 1.06. The third-order valence-electron chi connectivity index (χ3n) is 2.79. The van der Waals surface area contributed by atoms with Gasteiger partial charge in [-0.3, -0.25) is 4.79 Å². The molecule has 0 saturated heterocycles. The van der Waals surface area contributed by atoms with E-state index in [9.17, 15) is 4.79 Å². The summed E-state index contributed by atoms with van der Waals surface area (Å²) in [5, 5.41) is 5.40. The van der Waals surface area contributed by atoms with Gasteiger partial charge in [0.15, 0.2) is 0 Å². The number of carbonyl (C=O) groups excluding carboxylic acids is 1. The van der Waals surface area contributed by atoms with E-state index in [4.69, 9.17) is 11.6 Å². The average molecular weight is 389 g/mol. The fourth-order valence-electron chi connectivity index (χ4n) is 1.89. The molecule has 0 unspecified atom stereocenters. The second kappa shape index (κ2) is 7.24. The van der Waals surface area contributed by atoms with Crippen LogP contribution in [0.25, 0.3) is 0 Å². The van der Waals surface area contributed by atoms with E-state index in [1.807, 2.05) is 18.4 Å². The highest BCUT2D eigenvalue weighted by Gasteiger charge is 2.15. The number of aromatic nitrogens is 1. The van der Waals surface area contributed by atoms with E-state index in [1.54, 1.807) is 35.4 Å². The number of hydrogen-bond acceptors (Lipinski definition) is 4. The van der Waals surface area contributed by atoms with Gasteiger partial charge in [-0.2, -0.15) is 0 Å². The van der Waals surface area contributed by atoms with Crippen molar-refractivity contribution in [1.29, 1.82) is 0 Å². The summed E-state index contributed by atoms with van der Waals surface area (Å²) in [4.78, 5) is 18.3. The minimum Gasteiger partial charge on any atom is -0.370 e. The Morgan fingerprint density at radius 2 is 2.24 bits per heavy atom. The van der Waals surface area contributed by atoms with Gasteiger partial charge in [0.2, 0.25) is 0 Å². The Labute approximate surface area is 141 Å². The average Bonchev–Trinajstić information content (AvgIpc) is 2.83. The van der Waals surface area contributed by atoms with Crippen LogP contribution in [0.15, 0.2) is 27.4 Å². The lowest BCUT2D eigenvalue weighted by Crippen LogP contribution is -2.26. The number of anilines is 1. The molecule has 2 heterocycles. The van der Waals surface area contributed by atoms with E-state index in [0.29, 0.717) is 23.1 Å². The summed E-state index contributed by atoms with van der Waals surface area (Å²) in [6, 6.07) is 5.32. The summed E-state index contributed by atoms with van der Waals surface area (Å²) in [5.41, 5.74) is 1.62. The Morgan fingerprint density at radius 3 is 2.86 bits per heavy atom. The van der Waals surface area contributed by atoms with Crippen LogP contribution in [0.4, 0.5) is 5.82 Å². The SMILES string of the molecule is CCNc1cc(C(=O)N(C)Cc2csc(Br)c2)cc(Cl)n1. The number of halogens is 2. The fraction of sp³-hybridized carbons (Fsp3) is 0.286. The molecule has 1 N–H and O–H groups in total. The number of thiophene rings is 1. The number of nitrogens with one attached hydrogen (secondary N) is 1. The molecule has 1 amide bonds. The largest absolute Gasteiger partial charge is 0.370 e. The monoisotopic (exact) mass is 387 g/mol. The third kappa shape index (κ3) is 4.43. The minimum absolute atomic E-state index is 0.0826. The molecule has 2 aromatic heterocycles. The summed E-state index contributed by atoms with van der Waals surface area (Å²) in [6.07, 6.45) is 0. The van der Waals surface area contributed by atoms with Gasteiger partial charge in [-0.15, -0.1) is 11.3 Å². The zero-order valence-corrected chi connectivity index (χ0v) is 14.8. The van der Waals surface area contributed by atoms with E-state index in [2.05, 4.69) is 26.2 Å². The number of pyridine rings is 1. The maximum atomic E-state index is 12.5. The van der Waals surface area contributed by atoms with Gasteiger partial charge >= 0.3 is 0 Å². The molecule has 0 atom stereocenters. The van der Waals surface area contributed by atoms with Crippen molar-refractivity contribution in [1.82, 2.24) is 9.88 Å². The maximum absolute atomic E-state index is 12.5. The molecule has 0 fully saturated rings. The highest BCUT2D eigenvalue weighted by molar-refractivity contribution is 9.11. The first-order valence-electron chi connectivity index (χ1n) is 6.39. The van der Waals surface area contributed by atoms with Crippen LogP contribution in [0.2, 0.25) is 5.15 Å². The van der Waals surface area contributed by atoms with E-state index in [0.717, 1.165) is 15.9 Å². The maximum Gasteiger partial charge on any atom is 0.254 e. The molecule has 0 bridgehead atoms. The minimum atomic E-state index is -0.0826.